The largest absolute Gasteiger partial charge is 0.493 e. The maximum atomic E-state index is 5.93. The Labute approximate surface area is 155 Å². The van der Waals surface area contributed by atoms with Gasteiger partial charge in [0, 0.05) is 11.1 Å². The van der Waals surface area contributed by atoms with Crippen LogP contribution in [0, 0.1) is 13.8 Å². The lowest BCUT2D eigenvalue weighted by molar-refractivity contribution is 0.323. The lowest BCUT2D eigenvalue weighted by Gasteiger charge is -2.20. The zero-order valence-corrected chi connectivity index (χ0v) is 15.9. The van der Waals surface area contributed by atoms with Gasteiger partial charge in [-0.2, -0.15) is 0 Å². The molecule has 0 saturated carbocycles. The molecule has 0 aliphatic heterocycles. The molecule has 0 aliphatic rings. The molecule has 0 amide bonds. The van der Waals surface area contributed by atoms with Crippen LogP contribution in [0.5, 0.6) is 23.0 Å². The summed E-state index contributed by atoms with van der Waals surface area (Å²) >= 11 is 0. The molecule has 0 fully saturated rings. The van der Waals surface area contributed by atoms with Crippen LogP contribution in [-0.2, 0) is 0 Å². The van der Waals surface area contributed by atoms with Crippen molar-refractivity contribution in [2.45, 2.75) is 13.8 Å². The van der Waals surface area contributed by atoms with Gasteiger partial charge in [-0.15, -0.1) is 0 Å². The molecule has 0 radical (unpaired) electrons. The van der Waals surface area contributed by atoms with E-state index in [1.54, 1.807) is 26.4 Å². The Kier molecular flexibility index (Phi) is 6.73. The Bertz CT molecular complexity index is 726. The quantitative estimate of drug-likeness (QED) is 0.586. The highest BCUT2D eigenvalue weighted by molar-refractivity contribution is 5.81. The molecular weight excluding hydrogens is 328 g/mol. The number of hydrogen-bond donors (Lipinski definition) is 0. The van der Waals surface area contributed by atoms with E-state index >= 15 is 0 Å². The molecule has 2 rings (SSSR count). The van der Waals surface area contributed by atoms with Crippen molar-refractivity contribution in [3.8, 4) is 34.1 Å². The van der Waals surface area contributed by atoms with Gasteiger partial charge in [0.15, 0.2) is 23.0 Å². The van der Waals surface area contributed by atoms with Gasteiger partial charge in [0.2, 0.25) is 0 Å². The average molecular weight is 354 g/mol. The van der Waals surface area contributed by atoms with Crippen LogP contribution in [0.4, 0.5) is 0 Å². The van der Waals surface area contributed by atoms with E-state index in [-0.39, 0.29) is 0 Å². The number of rotatable bonds is 9. The summed E-state index contributed by atoms with van der Waals surface area (Å²) in [5.74, 6) is 2.62. The van der Waals surface area contributed by atoms with Crippen LogP contribution in [0.2, 0.25) is 0 Å². The Morgan fingerprint density at radius 2 is 1.12 bits per heavy atom. The van der Waals surface area contributed by atoms with Gasteiger partial charge >= 0.3 is 0 Å². The van der Waals surface area contributed by atoms with Gasteiger partial charge in [0.05, 0.1) is 14.2 Å². The molecule has 0 unspecified atom stereocenters. The Morgan fingerprint density at radius 1 is 0.731 bits per heavy atom. The summed E-state index contributed by atoms with van der Waals surface area (Å²) in [5, 5.41) is 0. The molecule has 0 aliphatic carbocycles. The zero-order valence-electron chi connectivity index (χ0n) is 15.9. The van der Waals surface area contributed by atoms with Gasteiger partial charge in [0.1, 0.15) is 13.2 Å². The molecule has 2 aromatic carbocycles. The van der Waals surface area contributed by atoms with Crippen molar-refractivity contribution in [2.75, 3.05) is 27.4 Å². The lowest BCUT2D eigenvalue weighted by Crippen LogP contribution is -2.03. The van der Waals surface area contributed by atoms with Crippen molar-refractivity contribution >= 4 is 0 Å². The summed E-state index contributed by atoms with van der Waals surface area (Å²) < 4.78 is 23.0. The van der Waals surface area contributed by atoms with E-state index in [9.17, 15) is 0 Å². The molecular formula is C22H26O4. The van der Waals surface area contributed by atoms with Crippen LogP contribution < -0.4 is 18.9 Å². The van der Waals surface area contributed by atoms with E-state index < -0.39 is 0 Å². The first-order chi connectivity index (χ1) is 12.5. The number of benzene rings is 2. The summed E-state index contributed by atoms with van der Waals surface area (Å²) in [5.41, 5.74) is 3.87. The van der Waals surface area contributed by atoms with Crippen molar-refractivity contribution in [1.82, 2.24) is 0 Å². The predicted octanol–water partition coefficient (Wildman–Crippen LogP) is 5.12. The maximum Gasteiger partial charge on any atom is 0.169 e. The van der Waals surface area contributed by atoms with E-state index in [0.29, 0.717) is 36.2 Å². The van der Waals surface area contributed by atoms with E-state index in [0.717, 1.165) is 22.3 Å². The fourth-order valence-corrected chi connectivity index (χ4v) is 2.77. The fourth-order valence-electron chi connectivity index (χ4n) is 2.77. The fraction of sp³-hybridized carbons (Fsp3) is 0.273. The second-order valence-corrected chi connectivity index (χ2v) is 5.89. The molecule has 0 aromatic heterocycles. The van der Waals surface area contributed by atoms with Gasteiger partial charge in [-0.25, -0.2) is 0 Å². The van der Waals surface area contributed by atoms with Gasteiger partial charge in [-0.1, -0.05) is 25.3 Å². The number of hydrogen-bond acceptors (Lipinski definition) is 4. The SMILES string of the molecule is C=CCOc1c(OC)cc(C)cc1-c1cc(C)cc(OC)c1OCC=C. The van der Waals surface area contributed by atoms with E-state index in [1.807, 2.05) is 26.0 Å². The van der Waals surface area contributed by atoms with Crippen LogP contribution in [0.15, 0.2) is 49.6 Å². The minimum absolute atomic E-state index is 0.373. The van der Waals surface area contributed by atoms with E-state index in [4.69, 9.17) is 18.9 Å². The smallest absolute Gasteiger partial charge is 0.169 e. The third-order valence-corrected chi connectivity index (χ3v) is 3.82. The summed E-state index contributed by atoms with van der Waals surface area (Å²) in [6.07, 6.45) is 3.41. The molecule has 138 valence electrons. The molecule has 0 bridgehead atoms. The summed E-state index contributed by atoms with van der Waals surface area (Å²) in [6.45, 7) is 12.2. The number of methoxy groups -OCH3 is 2. The molecule has 2 aromatic rings. The van der Waals surface area contributed by atoms with Crippen LogP contribution in [-0.4, -0.2) is 27.4 Å². The monoisotopic (exact) mass is 354 g/mol. The highest BCUT2D eigenvalue weighted by Gasteiger charge is 2.20. The Balaban J connectivity index is 2.76. The van der Waals surface area contributed by atoms with Crippen molar-refractivity contribution < 1.29 is 18.9 Å². The second-order valence-electron chi connectivity index (χ2n) is 5.89. The van der Waals surface area contributed by atoms with Gasteiger partial charge in [-0.3, -0.25) is 0 Å². The minimum atomic E-state index is 0.373. The van der Waals surface area contributed by atoms with Gasteiger partial charge in [-0.05, 0) is 49.2 Å². The number of aryl methyl sites for hydroxylation is 2. The Morgan fingerprint density at radius 3 is 1.42 bits per heavy atom. The molecule has 4 heteroatoms. The zero-order chi connectivity index (χ0) is 19.1. The first-order valence-electron chi connectivity index (χ1n) is 8.40. The molecule has 0 atom stereocenters. The Hall–Kier alpha value is -2.88. The third kappa shape index (κ3) is 4.20. The van der Waals surface area contributed by atoms with Gasteiger partial charge < -0.3 is 18.9 Å². The maximum absolute atomic E-state index is 5.93. The topological polar surface area (TPSA) is 36.9 Å². The molecule has 0 N–H and O–H groups in total. The third-order valence-electron chi connectivity index (χ3n) is 3.82. The highest BCUT2D eigenvalue weighted by atomic mass is 16.5. The van der Waals surface area contributed by atoms with Crippen LogP contribution >= 0.6 is 0 Å². The highest BCUT2D eigenvalue weighted by Crippen LogP contribution is 2.46. The molecule has 0 saturated heterocycles. The predicted molar refractivity (Wildman–Crippen MR) is 106 cm³/mol. The normalized spacial score (nSPS) is 10.2. The minimum Gasteiger partial charge on any atom is -0.493 e. The number of ether oxygens (including phenoxy) is 4. The molecule has 0 spiro atoms. The van der Waals surface area contributed by atoms with Gasteiger partial charge in [0.25, 0.3) is 0 Å². The summed E-state index contributed by atoms with van der Waals surface area (Å²) in [6, 6.07) is 7.99. The van der Waals surface area contributed by atoms with Crippen LogP contribution in [0.1, 0.15) is 11.1 Å². The first-order valence-corrected chi connectivity index (χ1v) is 8.40. The lowest BCUT2D eigenvalue weighted by atomic mass is 9.98. The second kappa shape index (κ2) is 8.99. The molecule has 0 heterocycles. The summed E-state index contributed by atoms with van der Waals surface area (Å²) in [7, 11) is 3.26. The van der Waals surface area contributed by atoms with Crippen LogP contribution in [0.3, 0.4) is 0 Å². The molecule has 4 nitrogen and oxygen atoms in total. The van der Waals surface area contributed by atoms with Crippen molar-refractivity contribution in [3.63, 3.8) is 0 Å². The van der Waals surface area contributed by atoms with Crippen molar-refractivity contribution in [3.05, 3.63) is 60.7 Å². The first kappa shape index (κ1) is 19.4. The summed E-state index contributed by atoms with van der Waals surface area (Å²) in [4.78, 5) is 0. The van der Waals surface area contributed by atoms with Crippen molar-refractivity contribution in [2.24, 2.45) is 0 Å². The van der Waals surface area contributed by atoms with Crippen LogP contribution in [0.25, 0.3) is 11.1 Å². The molecule has 26 heavy (non-hydrogen) atoms. The van der Waals surface area contributed by atoms with E-state index in [1.165, 1.54) is 0 Å². The van der Waals surface area contributed by atoms with E-state index in [2.05, 4.69) is 25.3 Å². The average Bonchev–Trinajstić information content (AvgIpc) is 2.64. The van der Waals surface area contributed by atoms with Crippen molar-refractivity contribution in [1.29, 1.82) is 0 Å². The standard InChI is InChI=1S/C22H26O4/c1-7-9-25-21-17(11-15(3)13-19(21)23-5)18-12-16(4)14-20(24-6)22(18)26-10-8-2/h7-8,11-14H,1-2,9-10H2,3-6H3.